The Kier molecular flexibility index (Phi) is 8.83. The van der Waals surface area contributed by atoms with Crippen molar-refractivity contribution < 1.29 is 4.79 Å². The number of halogens is 2. The van der Waals surface area contributed by atoms with Gasteiger partial charge in [-0.2, -0.15) is 0 Å². The molecule has 1 atom stereocenters. The first-order chi connectivity index (χ1) is 10.1. The number of nitrogens with zero attached hydrogens (tertiary/aromatic N) is 1. The van der Waals surface area contributed by atoms with Gasteiger partial charge < -0.3 is 10.6 Å². The van der Waals surface area contributed by atoms with Crippen molar-refractivity contribution in [2.24, 2.45) is 11.7 Å². The summed E-state index contributed by atoms with van der Waals surface area (Å²) >= 11 is 5.16. The van der Waals surface area contributed by atoms with E-state index in [0.29, 0.717) is 12.3 Å². The van der Waals surface area contributed by atoms with Crippen molar-refractivity contribution in [3.05, 3.63) is 28.7 Å². The van der Waals surface area contributed by atoms with Crippen molar-refractivity contribution in [2.75, 3.05) is 18.8 Å². The van der Waals surface area contributed by atoms with Crippen LogP contribution in [0.4, 0.5) is 0 Å². The van der Waals surface area contributed by atoms with Gasteiger partial charge in [0.15, 0.2) is 0 Å². The van der Waals surface area contributed by atoms with Crippen LogP contribution in [0.1, 0.15) is 26.2 Å². The molecule has 1 fully saturated rings. The number of rotatable bonds is 5. The van der Waals surface area contributed by atoms with E-state index in [4.69, 9.17) is 5.73 Å². The Morgan fingerprint density at radius 3 is 2.50 bits per heavy atom. The quantitative estimate of drug-likeness (QED) is 0.752. The minimum Gasteiger partial charge on any atom is -0.343 e. The lowest BCUT2D eigenvalue weighted by molar-refractivity contribution is -0.132. The molecule has 1 aromatic carbocycles. The zero-order valence-electron chi connectivity index (χ0n) is 12.8. The van der Waals surface area contributed by atoms with Gasteiger partial charge in [0.1, 0.15) is 0 Å². The normalized spacial score (nSPS) is 17.0. The molecule has 1 aromatic rings. The van der Waals surface area contributed by atoms with Crippen molar-refractivity contribution in [3.63, 3.8) is 0 Å². The van der Waals surface area contributed by atoms with Gasteiger partial charge in [0.2, 0.25) is 5.91 Å². The van der Waals surface area contributed by atoms with Gasteiger partial charge >= 0.3 is 0 Å². The molecule has 124 valence electrons. The smallest absolute Gasteiger partial charge is 0.223 e. The van der Waals surface area contributed by atoms with Crippen molar-refractivity contribution >= 4 is 46.0 Å². The summed E-state index contributed by atoms with van der Waals surface area (Å²) < 4.78 is 1.08. The molecule has 1 heterocycles. The average molecular weight is 408 g/mol. The lowest BCUT2D eigenvalue weighted by Gasteiger charge is -2.33. The van der Waals surface area contributed by atoms with Gasteiger partial charge in [0.25, 0.3) is 0 Å². The third-order valence-electron chi connectivity index (χ3n) is 4.03. The number of carbonyl (C=O) groups excluding carboxylic acids is 1. The van der Waals surface area contributed by atoms with Gasteiger partial charge in [0.05, 0.1) is 0 Å². The molecule has 0 aliphatic carbocycles. The van der Waals surface area contributed by atoms with Crippen LogP contribution >= 0.6 is 40.1 Å². The number of nitrogens with two attached hydrogens (primary N) is 1. The van der Waals surface area contributed by atoms with Gasteiger partial charge in [-0.05, 0) is 49.9 Å². The van der Waals surface area contributed by atoms with Crippen LogP contribution in [0.15, 0.2) is 33.6 Å². The van der Waals surface area contributed by atoms with Crippen LogP contribution in [-0.2, 0) is 4.79 Å². The van der Waals surface area contributed by atoms with Crippen LogP contribution in [0.3, 0.4) is 0 Å². The minimum atomic E-state index is 0. The number of amides is 1. The van der Waals surface area contributed by atoms with E-state index in [1.807, 2.05) is 17.0 Å². The number of likely N-dealkylation sites (tertiary alicyclic amines) is 1. The zero-order chi connectivity index (χ0) is 15.2. The maximum Gasteiger partial charge on any atom is 0.223 e. The molecule has 0 spiro atoms. The third kappa shape index (κ3) is 6.11. The first-order valence-electron chi connectivity index (χ1n) is 7.48. The van der Waals surface area contributed by atoms with Crippen molar-refractivity contribution in [1.82, 2.24) is 4.90 Å². The zero-order valence-corrected chi connectivity index (χ0v) is 16.1. The maximum absolute atomic E-state index is 12.2. The monoisotopic (exact) mass is 406 g/mol. The molecule has 1 aliphatic heterocycles. The summed E-state index contributed by atoms with van der Waals surface area (Å²) in [6.07, 6.45) is 2.70. The van der Waals surface area contributed by atoms with Crippen molar-refractivity contribution in [1.29, 1.82) is 0 Å². The second-order valence-corrected chi connectivity index (χ2v) is 7.71. The topological polar surface area (TPSA) is 46.3 Å². The van der Waals surface area contributed by atoms with Crippen LogP contribution in [0.25, 0.3) is 0 Å². The fraction of sp³-hybridized carbons (Fsp3) is 0.562. The Labute approximate surface area is 151 Å². The first kappa shape index (κ1) is 19.8. The summed E-state index contributed by atoms with van der Waals surface area (Å²) in [5.74, 6) is 1.70. The third-order valence-corrected chi connectivity index (χ3v) is 5.58. The number of carbonyl (C=O) groups is 1. The highest BCUT2D eigenvalue weighted by molar-refractivity contribution is 9.10. The van der Waals surface area contributed by atoms with E-state index in [0.717, 1.165) is 36.2 Å². The van der Waals surface area contributed by atoms with Crippen molar-refractivity contribution in [3.8, 4) is 0 Å². The van der Waals surface area contributed by atoms with Gasteiger partial charge in [-0.15, -0.1) is 24.2 Å². The average Bonchev–Trinajstić information content (AvgIpc) is 2.49. The molecule has 2 rings (SSSR count). The highest BCUT2D eigenvalue weighted by Crippen LogP contribution is 2.23. The Balaban J connectivity index is 0.00000242. The Hall–Kier alpha value is -0.230. The van der Waals surface area contributed by atoms with Gasteiger partial charge in [-0.1, -0.05) is 15.9 Å². The Morgan fingerprint density at radius 2 is 1.95 bits per heavy atom. The summed E-state index contributed by atoms with van der Waals surface area (Å²) in [5.41, 5.74) is 5.93. The molecular formula is C16H24BrClN2OS. The molecule has 3 nitrogen and oxygen atoms in total. The molecular weight excluding hydrogens is 384 g/mol. The molecule has 1 saturated heterocycles. The highest BCUT2D eigenvalue weighted by Gasteiger charge is 2.24. The van der Waals surface area contributed by atoms with Crippen LogP contribution in [0.5, 0.6) is 0 Å². The standard InChI is InChI=1S/C16H23BrN2OS.ClH/c1-12(18)13-6-9-19(10-7-13)16(20)8-11-21-15-4-2-14(17)3-5-15;/h2-5,12-13H,6-11,18H2,1H3;1H. The second-order valence-electron chi connectivity index (χ2n) is 5.63. The summed E-state index contributed by atoms with van der Waals surface area (Å²) in [6, 6.07) is 8.46. The fourth-order valence-corrected chi connectivity index (χ4v) is 3.73. The number of hydrogen-bond acceptors (Lipinski definition) is 3. The molecule has 2 N–H and O–H groups in total. The molecule has 0 aromatic heterocycles. The number of benzene rings is 1. The Bertz CT molecular complexity index is 462. The Morgan fingerprint density at radius 1 is 1.36 bits per heavy atom. The summed E-state index contributed by atoms with van der Waals surface area (Å²) in [5, 5.41) is 0. The summed E-state index contributed by atoms with van der Waals surface area (Å²) in [4.78, 5) is 15.4. The molecule has 6 heteroatoms. The van der Waals surface area contributed by atoms with E-state index >= 15 is 0 Å². The molecule has 0 radical (unpaired) electrons. The predicted molar refractivity (Wildman–Crippen MR) is 99.7 cm³/mol. The molecule has 1 aliphatic rings. The molecule has 22 heavy (non-hydrogen) atoms. The molecule has 1 amide bonds. The van der Waals surface area contributed by atoms with Crippen LogP contribution in [-0.4, -0.2) is 35.7 Å². The maximum atomic E-state index is 12.2. The minimum absolute atomic E-state index is 0. The van der Waals surface area contributed by atoms with Gasteiger partial charge in [0, 0.05) is 40.7 Å². The van der Waals surface area contributed by atoms with Gasteiger partial charge in [-0.25, -0.2) is 0 Å². The SMILES string of the molecule is CC(N)C1CCN(C(=O)CCSc2ccc(Br)cc2)CC1.Cl. The first-order valence-corrected chi connectivity index (χ1v) is 9.26. The van der Waals surface area contributed by atoms with E-state index < -0.39 is 0 Å². The van der Waals surface area contributed by atoms with E-state index in [9.17, 15) is 4.79 Å². The van der Waals surface area contributed by atoms with E-state index in [1.54, 1.807) is 11.8 Å². The second kappa shape index (κ2) is 9.81. The molecule has 0 saturated carbocycles. The summed E-state index contributed by atoms with van der Waals surface area (Å²) in [6.45, 7) is 3.80. The lowest BCUT2D eigenvalue weighted by Crippen LogP contribution is -2.42. The van der Waals surface area contributed by atoms with Crippen LogP contribution in [0.2, 0.25) is 0 Å². The highest BCUT2D eigenvalue weighted by atomic mass is 79.9. The molecule has 0 bridgehead atoms. The van der Waals surface area contributed by atoms with E-state index in [-0.39, 0.29) is 24.4 Å². The summed E-state index contributed by atoms with van der Waals surface area (Å²) in [7, 11) is 0. The largest absolute Gasteiger partial charge is 0.343 e. The number of thioether (sulfide) groups is 1. The number of hydrogen-bond donors (Lipinski definition) is 1. The van der Waals surface area contributed by atoms with E-state index in [1.165, 1.54) is 4.90 Å². The van der Waals surface area contributed by atoms with Crippen LogP contribution < -0.4 is 5.73 Å². The lowest BCUT2D eigenvalue weighted by atomic mass is 9.91. The number of piperidine rings is 1. The van der Waals surface area contributed by atoms with E-state index in [2.05, 4.69) is 35.0 Å². The van der Waals surface area contributed by atoms with Gasteiger partial charge in [-0.3, -0.25) is 4.79 Å². The fourth-order valence-electron chi connectivity index (χ4n) is 2.62. The van der Waals surface area contributed by atoms with Crippen LogP contribution in [0, 0.1) is 5.92 Å². The van der Waals surface area contributed by atoms with Crippen molar-refractivity contribution in [2.45, 2.75) is 37.1 Å². The predicted octanol–water partition coefficient (Wildman–Crippen LogP) is 3.94. The molecule has 1 unspecified atom stereocenters.